The number of aromatic nitrogens is 3. The Morgan fingerprint density at radius 2 is 1.70 bits per heavy atom. The standard InChI is InChI=1S/C33H43N7O7/c1-6-47-20-24-36-30-31(40(24)21-33(2,3)46)22-10-7-8-11-23(22)35-32(30)38(5)27(43)14-13-25(41)34-17-19-37(4)26(42)12-9-18-39-28(44)15-16-29(39)45/h7-8,10-11,15-16,46H,6,9,12-14,17-21H2,1-5H3,(H,34,41). The summed E-state index contributed by atoms with van der Waals surface area (Å²) >= 11 is 0. The summed E-state index contributed by atoms with van der Waals surface area (Å²) in [5, 5.41) is 14.3. The highest BCUT2D eigenvalue weighted by Crippen LogP contribution is 2.33. The van der Waals surface area contributed by atoms with Crippen LogP contribution in [0.25, 0.3) is 21.9 Å². The number of rotatable bonds is 16. The number of pyridine rings is 1. The quantitative estimate of drug-likeness (QED) is 0.220. The van der Waals surface area contributed by atoms with Crippen LogP contribution in [0.3, 0.4) is 0 Å². The molecule has 3 aromatic rings. The summed E-state index contributed by atoms with van der Waals surface area (Å²) < 4.78 is 7.59. The summed E-state index contributed by atoms with van der Waals surface area (Å²) in [4.78, 5) is 75.2. The molecule has 5 amide bonds. The van der Waals surface area contributed by atoms with E-state index in [1.807, 2.05) is 35.8 Å². The molecule has 0 unspecified atom stereocenters. The van der Waals surface area contributed by atoms with Crippen LogP contribution in [-0.2, 0) is 41.9 Å². The van der Waals surface area contributed by atoms with E-state index in [4.69, 9.17) is 14.7 Å². The van der Waals surface area contributed by atoms with Crippen molar-refractivity contribution in [3.63, 3.8) is 0 Å². The highest BCUT2D eigenvalue weighted by molar-refractivity contribution is 6.13. The molecule has 0 bridgehead atoms. The SMILES string of the molecule is CCOCc1nc2c(N(C)C(=O)CCC(=O)NCCN(C)C(=O)CCCN3C(=O)C=CC3=O)nc3ccccc3c2n1CC(C)(C)O. The Bertz CT molecular complexity index is 1670. The summed E-state index contributed by atoms with van der Waals surface area (Å²) in [5.74, 6) is -0.662. The molecule has 4 rings (SSSR count). The van der Waals surface area contributed by atoms with E-state index in [1.165, 1.54) is 22.0 Å². The van der Waals surface area contributed by atoms with Crippen LogP contribution in [0.5, 0.6) is 0 Å². The predicted octanol–water partition coefficient (Wildman–Crippen LogP) is 1.91. The van der Waals surface area contributed by atoms with Crippen molar-refractivity contribution in [2.24, 2.45) is 0 Å². The second-order valence-corrected chi connectivity index (χ2v) is 12.1. The van der Waals surface area contributed by atoms with Gasteiger partial charge in [-0.3, -0.25) is 33.8 Å². The Labute approximate surface area is 273 Å². The van der Waals surface area contributed by atoms with Crippen molar-refractivity contribution < 1.29 is 33.8 Å². The molecule has 0 spiro atoms. The number of aliphatic hydroxyl groups is 1. The number of hydrogen-bond acceptors (Lipinski definition) is 9. The number of imidazole rings is 1. The lowest BCUT2D eigenvalue weighted by molar-refractivity contribution is -0.138. The van der Waals surface area contributed by atoms with E-state index in [0.717, 1.165) is 15.8 Å². The number of hydrogen-bond donors (Lipinski definition) is 2. The summed E-state index contributed by atoms with van der Waals surface area (Å²) in [6.07, 6.45) is 2.77. The average Bonchev–Trinajstić information content (AvgIpc) is 3.55. The molecular weight excluding hydrogens is 606 g/mol. The van der Waals surface area contributed by atoms with Crippen LogP contribution in [0.1, 0.15) is 52.3 Å². The number of para-hydroxylation sites is 1. The number of likely N-dealkylation sites (N-methyl/N-ethyl adjacent to an activating group) is 1. The number of carbonyl (C=O) groups excluding carboxylic acids is 5. The molecule has 0 radical (unpaired) electrons. The smallest absolute Gasteiger partial charge is 0.253 e. The number of anilines is 1. The fourth-order valence-corrected chi connectivity index (χ4v) is 5.27. The molecule has 0 fully saturated rings. The number of nitrogens with one attached hydrogen (secondary N) is 1. The van der Waals surface area contributed by atoms with Gasteiger partial charge in [0, 0.05) is 77.1 Å². The van der Waals surface area contributed by atoms with Gasteiger partial charge < -0.3 is 24.6 Å². The number of carbonyl (C=O) groups is 5. The minimum Gasteiger partial charge on any atom is -0.389 e. The number of fused-ring (bicyclic) bond motifs is 3. The molecule has 1 aliphatic heterocycles. The van der Waals surface area contributed by atoms with Gasteiger partial charge in [-0.15, -0.1) is 0 Å². The fourth-order valence-electron chi connectivity index (χ4n) is 5.27. The maximum Gasteiger partial charge on any atom is 0.253 e. The monoisotopic (exact) mass is 649 g/mol. The van der Waals surface area contributed by atoms with Crippen molar-refractivity contribution in [2.75, 3.05) is 45.2 Å². The Morgan fingerprint density at radius 1 is 1.00 bits per heavy atom. The lowest BCUT2D eigenvalue weighted by Crippen LogP contribution is -2.37. The molecule has 14 nitrogen and oxygen atoms in total. The van der Waals surface area contributed by atoms with Gasteiger partial charge in [-0.2, -0.15) is 0 Å². The highest BCUT2D eigenvalue weighted by atomic mass is 16.5. The van der Waals surface area contributed by atoms with Gasteiger partial charge in [-0.25, -0.2) is 9.97 Å². The molecule has 0 saturated carbocycles. The molecule has 2 aromatic heterocycles. The van der Waals surface area contributed by atoms with Gasteiger partial charge in [0.15, 0.2) is 5.82 Å². The summed E-state index contributed by atoms with van der Waals surface area (Å²) in [6, 6.07) is 7.53. The highest BCUT2D eigenvalue weighted by Gasteiger charge is 2.26. The first-order chi connectivity index (χ1) is 22.3. The van der Waals surface area contributed by atoms with Crippen LogP contribution in [0.4, 0.5) is 5.82 Å². The third-order valence-electron chi connectivity index (χ3n) is 7.75. The van der Waals surface area contributed by atoms with Gasteiger partial charge >= 0.3 is 0 Å². The number of ether oxygens (including phenoxy) is 1. The Kier molecular flexibility index (Phi) is 11.4. The zero-order chi connectivity index (χ0) is 34.3. The minimum absolute atomic E-state index is 0.0633. The molecule has 1 aliphatic rings. The molecule has 2 N–H and O–H groups in total. The van der Waals surface area contributed by atoms with Gasteiger partial charge in [-0.1, -0.05) is 18.2 Å². The molecule has 0 saturated heterocycles. The summed E-state index contributed by atoms with van der Waals surface area (Å²) in [7, 11) is 3.21. The van der Waals surface area contributed by atoms with E-state index in [2.05, 4.69) is 5.32 Å². The van der Waals surface area contributed by atoms with E-state index < -0.39 is 5.60 Å². The van der Waals surface area contributed by atoms with Crippen LogP contribution in [0, 0.1) is 0 Å². The predicted molar refractivity (Wildman–Crippen MR) is 175 cm³/mol. The van der Waals surface area contributed by atoms with Crippen molar-refractivity contribution in [2.45, 2.75) is 65.2 Å². The minimum atomic E-state index is -1.05. The normalized spacial score (nSPS) is 13.2. The zero-order valence-corrected chi connectivity index (χ0v) is 27.6. The summed E-state index contributed by atoms with van der Waals surface area (Å²) in [5.41, 5.74) is 0.825. The molecule has 3 heterocycles. The van der Waals surface area contributed by atoms with Crippen LogP contribution < -0.4 is 10.2 Å². The lowest BCUT2D eigenvalue weighted by atomic mass is 10.1. The number of nitrogens with zero attached hydrogens (tertiary/aromatic N) is 6. The van der Waals surface area contributed by atoms with Gasteiger partial charge in [0.05, 0.1) is 23.2 Å². The molecule has 47 heavy (non-hydrogen) atoms. The van der Waals surface area contributed by atoms with Crippen molar-refractivity contribution >= 4 is 57.3 Å². The van der Waals surface area contributed by atoms with E-state index in [9.17, 15) is 29.1 Å². The van der Waals surface area contributed by atoms with E-state index in [1.54, 1.807) is 27.9 Å². The first-order valence-corrected chi connectivity index (χ1v) is 15.7. The summed E-state index contributed by atoms with van der Waals surface area (Å²) in [6.45, 7) is 6.89. The van der Waals surface area contributed by atoms with Crippen LogP contribution in [0.15, 0.2) is 36.4 Å². The first-order valence-electron chi connectivity index (χ1n) is 15.7. The van der Waals surface area contributed by atoms with Gasteiger partial charge in [0.2, 0.25) is 17.7 Å². The molecular formula is C33H43N7O7. The first kappa shape index (κ1) is 35.2. The Balaban J connectivity index is 1.36. The maximum atomic E-state index is 13.3. The van der Waals surface area contributed by atoms with E-state index in [-0.39, 0.29) is 81.6 Å². The zero-order valence-electron chi connectivity index (χ0n) is 27.6. The molecule has 252 valence electrons. The maximum absolute atomic E-state index is 13.3. The van der Waals surface area contributed by atoms with Gasteiger partial charge in [0.1, 0.15) is 17.9 Å². The second-order valence-electron chi connectivity index (χ2n) is 12.1. The van der Waals surface area contributed by atoms with Crippen LogP contribution in [0.2, 0.25) is 0 Å². The molecule has 0 aliphatic carbocycles. The van der Waals surface area contributed by atoms with Gasteiger partial charge in [0.25, 0.3) is 11.8 Å². The Hall–Kier alpha value is -4.69. The van der Waals surface area contributed by atoms with E-state index >= 15 is 0 Å². The van der Waals surface area contributed by atoms with Crippen LogP contribution in [-0.4, -0.2) is 105 Å². The van der Waals surface area contributed by atoms with Crippen LogP contribution >= 0.6 is 0 Å². The van der Waals surface area contributed by atoms with Crippen molar-refractivity contribution in [3.8, 4) is 0 Å². The number of imide groups is 1. The van der Waals surface area contributed by atoms with Crippen molar-refractivity contribution in [1.29, 1.82) is 0 Å². The lowest BCUT2D eigenvalue weighted by Gasteiger charge is -2.21. The third kappa shape index (κ3) is 8.77. The van der Waals surface area contributed by atoms with Crippen molar-refractivity contribution in [3.05, 3.63) is 42.2 Å². The number of benzene rings is 1. The van der Waals surface area contributed by atoms with E-state index in [0.29, 0.717) is 35.7 Å². The topological polar surface area (TPSA) is 167 Å². The van der Waals surface area contributed by atoms with Gasteiger partial charge in [-0.05, 0) is 33.3 Å². The largest absolute Gasteiger partial charge is 0.389 e. The fraction of sp³-hybridized carbons (Fsp3) is 0.485. The molecule has 1 aromatic carbocycles. The second kappa shape index (κ2) is 15.3. The van der Waals surface area contributed by atoms with Crippen molar-refractivity contribution in [1.82, 2.24) is 29.7 Å². The third-order valence-corrected chi connectivity index (χ3v) is 7.75. The molecule has 0 atom stereocenters. The molecule has 14 heteroatoms. The average molecular weight is 650 g/mol. The number of amides is 5. The Morgan fingerprint density at radius 3 is 2.38 bits per heavy atom.